The quantitative estimate of drug-likeness (QED) is 0.892. The first kappa shape index (κ1) is 13.5. The smallest absolute Gasteiger partial charge is 0.256 e. The van der Waals surface area contributed by atoms with Crippen molar-refractivity contribution in [3.8, 4) is 0 Å². The van der Waals surface area contributed by atoms with Crippen LogP contribution in [0.1, 0.15) is 20.7 Å². The molecule has 20 heavy (non-hydrogen) atoms. The van der Waals surface area contributed by atoms with Crippen molar-refractivity contribution in [1.82, 2.24) is 10.6 Å². The average Bonchev–Trinajstić information content (AvgIpc) is 2.49. The average molecular weight is 266 g/mol. The minimum atomic E-state index is -0.316. The largest absolute Gasteiger partial charge is 0.309 e. The van der Waals surface area contributed by atoms with Gasteiger partial charge in [-0.05, 0) is 24.3 Å². The Morgan fingerprint density at radius 3 is 1.40 bits per heavy atom. The summed E-state index contributed by atoms with van der Waals surface area (Å²) in [6.45, 7) is 3.62. The Labute approximate surface area is 117 Å². The van der Waals surface area contributed by atoms with Gasteiger partial charge >= 0.3 is 0 Å². The van der Waals surface area contributed by atoms with Crippen LogP contribution in [0.4, 0.5) is 0 Å². The molecule has 0 aliphatic heterocycles. The predicted octanol–water partition coefficient (Wildman–Crippen LogP) is 2.32. The van der Waals surface area contributed by atoms with Crippen molar-refractivity contribution in [2.24, 2.45) is 0 Å². The van der Waals surface area contributed by atoms with Crippen molar-refractivity contribution in [3.63, 3.8) is 0 Å². The van der Waals surface area contributed by atoms with E-state index in [4.69, 9.17) is 0 Å². The molecule has 0 unspecified atom stereocenters. The number of hydrogen-bond donors (Lipinski definition) is 2. The summed E-state index contributed by atoms with van der Waals surface area (Å²) in [6, 6.07) is 17.4. The number of carbonyl (C=O) groups is 2. The van der Waals surface area contributed by atoms with Crippen LogP contribution in [0.5, 0.6) is 0 Å². The van der Waals surface area contributed by atoms with Crippen LogP contribution >= 0.6 is 0 Å². The van der Waals surface area contributed by atoms with Gasteiger partial charge in [0.15, 0.2) is 0 Å². The maximum absolute atomic E-state index is 11.8. The molecule has 2 N–H and O–H groups in total. The van der Waals surface area contributed by atoms with E-state index in [0.717, 1.165) is 0 Å². The summed E-state index contributed by atoms with van der Waals surface area (Å²) in [5.41, 5.74) is 1.00. The van der Waals surface area contributed by atoms with Gasteiger partial charge in [0.2, 0.25) is 0 Å². The molecule has 0 heterocycles. The second-order valence-corrected chi connectivity index (χ2v) is 4.12. The number of hydrogen-bond acceptors (Lipinski definition) is 2. The van der Waals surface area contributed by atoms with Crippen molar-refractivity contribution in [3.05, 3.63) is 84.2 Å². The Balaban J connectivity index is 1.93. The lowest BCUT2D eigenvalue weighted by Crippen LogP contribution is -2.34. The fourth-order valence-electron chi connectivity index (χ4n) is 1.63. The van der Waals surface area contributed by atoms with E-state index in [9.17, 15) is 9.59 Å². The van der Waals surface area contributed by atoms with Crippen LogP contribution in [0.3, 0.4) is 0 Å². The van der Waals surface area contributed by atoms with E-state index in [0.29, 0.717) is 11.1 Å². The van der Waals surface area contributed by atoms with E-state index >= 15 is 0 Å². The first-order valence-electron chi connectivity index (χ1n) is 6.08. The van der Waals surface area contributed by atoms with E-state index in [1.54, 1.807) is 48.5 Å². The van der Waals surface area contributed by atoms with E-state index in [1.165, 1.54) is 0 Å². The van der Waals surface area contributed by atoms with Gasteiger partial charge in [-0.1, -0.05) is 43.0 Å². The molecule has 4 heteroatoms. The Kier molecular flexibility index (Phi) is 4.29. The molecule has 0 fully saturated rings. The lowest BCUT2D eigenvalue weighted by atomic mass is 10.2. The van der Waals surface area contributed by atoms with Crippen LogP contribution in [-0.2, 0) is 0 Å². The Morgan fingerprint density at radius 1 is 0.700 bits per heavy atom. The molecule has 0 saturated carbocycles. The van der Waals surface area contributed by atoms with Gasteiger partial charge in [0.05, 0.1) is 0 Å². The SMILES string of the molecule is C=C(NC(=O)c1ccccc1)NC(=O)c1ccccc1. The summed E-state index contributed by atoms with van der Waals surface area (Å²) < 4.78 is 0. The maximum atomic E-state index is 11.8. The van der Waals surface area contributed by atoms with Crippen molar-refractivity contribution < 1.29 is 9.59 Å². The van der Waals surface area contributed by atoms with E-state index in [2.05, 4.69) is 17.2 Å². The molecule has 2 amide bonds. The second-order valence-electron chi connectivity index (χ2n) is 4.12. The van der Waals surface area contributed by atoms with Gasteiger partial charge in [0.1, 0.15) is 5.82 Å². The van der Waals surface area contributed by atoms with Crippen molar-refractivity contribution in [2.75, 3.05) is 0 Å². The third-order valence-corrected chi connectivity index (χ3v) is 2.60. The van der Waals surface area contributed by atoms with E-state index in [1.807, 2.05) is 12.1 Å². The molecule has 0 radical (unpaired) electrons. The number of nitrogens with one attached hydrogen (secondary N) is 2. The lowest BCUT2D eigenvalue weighted by Gasteiger charge is -2.10. The van der Waals surface area contributed by atoms with Gasteiger partial charge in [0.25, 0.3) is 11.8 Å². The van der Waals surface area contributed by atoms with Crippen molar-refractivity contribution in [2.45, 2.75) is 0 Å². The predicted molar refractivity (Wildman–Crippen MR) is 77.0 cm³/mol. The highest BCUT2D eigenvalue weighted by atomic mass is 16.2. The summed E-state index contributed by atoms with van der Waals surface area (Å²) in [4.78, 5) is 23.7. The monoisotopic (exact) mass is 266 g/mol. The minimum Gasteiger partial charge on any atom is -0.309 e. The second kappa shape index (κ2) is 6.33. The third-order valence-electron chi connectivity index (χ3n) is 2.60. The van der Waals surface area contributed by atoms with Crippen molar-refractivity contribution >= 4 is 11.8 Å². The molecular formula is C16H14N2O2. The zero-order valence-corrected chi connectivity index (χ0v) is 10.8. The van der Waals surface area contributed by atoms with Gasteiger partial charge in [-0.3, -0.25) is 9.59 Å². The molecule has 0 aliphatic carbocycles. The molecule has 100 valence electrons. The highest BCUT2D eigenvalue weighted by Gasteiger charge is 2.09. The van der Waals surface area contributed by atoms with Crippen LogP contribution < -0.4 is 10.6 Å². The number of rotatable bonds is 4. The maximum Gasteiger partial charge on any atom is 0.256 e. The van der Waals surface area contributed by atoms with Gasteiger partial charge in [-0.25, -0.2) is 0 Å². The van der Waals surface area contributed by atoms with Gasteiger partial charge in [-0.15, -0.1) is 0 Å². The zero-order valence-electron chi connectivity index (χ0n) is 10.8. The molecule has 0 aromatic heterocycles. The molecule has 0 bridgehead atoms. The summed E-state index contributed by atoms with van der Waals surface area (Å²) in [5.74, 6) is -0.486. The summed E-state index contributed by atoms with van der Waals surface area (Å²) in [7, 11) is 0. The molecule has 2 rings (SSSR count). The fourth-order valence-corrected chi connectivity index (χ4v) is 1.63. The summed E-state index contributed by atoms with van der Waals surface area (Å²) in [6.07, 6.45) is 0. The third kappa shape index (κ3) is 3.55. The summed E-state index contributed by atoms with van der Waals surface area (Å²) in [5, 5.41) is 5.06. The number of carbonyl (C=O) groups excluding carboxylic acids is 2. The number of benzene rings is 2. The first-order chi connectivity index (χ1) is 9.66. The minimum absolute atomic E-state index is 0.146. The fraction of sp³-hybridized carbons (Fsp3) is 0. The Hall–Kier alpha value is -2.88. The highest BCUT2D eigenvalue weighted by molar-refractivity contribution is 5.98. The molecule has 0 saturated heterocycles. The molecular weight excluding hydrogens is 252 g/mol. The van der Waals surface area contributed by atoms with Gasteiger partial charge in [0, 0.05) is 11.1 Å². The molecule has 0 atom stereocenters. The van der Waals surface area contributed by atoms with E-state index < -0.39 is 0 Å². The molecule has 4 nitrogen and oxygen atoms in total. The van der Waals surface area contributed by atoms with Crippen LogP contribution in [-0.4, -0.2) is 11.8 Å². The Bertz CT molecular complexity index is 566. The van der Waals surface area contributed by atoms with Gasteiger partial charge in [-0.2, -0.15) is 0 Å². The standard InChI is InChI=1S/C16H14N2O2/c1-12(17-15(19)13-8-4-2-5-9-13)18-16(20)14-10-6-3-7-11-14/h2-11H,1H2,(H,17,19)(H,18,20). The lowest BCUT2D eigenvalue weighted by molar-refractivity contribution is 0.0943. The zero-order chi connectivity index (χ0) is 14.4. The van der Waals surface area contributed by atoms with E-state index in [-0.39, 0.29) is 17.6 Å². The topological polar surface area (TPSA) is 58.2 Å². The number of amides is 2. The van der Waals surface area contributed by atoms with Crippen LogP contribution in [0.25, 0.3) is 0 Å². The summed E-state index contributed by atoms with van der Waals surface area (Å²) >= 11 is 0. The molecule has 2 aromatic carbocycles. The molecule has 0 spiro atoms. The van der Waals surface area contributed by atoms with Gasteiger partial charge < -0.3 is 10.6 Å². The van der Waals surface area contributed by atoms with Crippen LogP contribution in [0, 0.1) is 0 Å². The molecule has 2 aromatic rings. The normalized spacial score (nSPS) is 9.60. The van der Waals surface area contributed by atoms with Crippen molar-refractivity contribution in [1.29, 1.82) is 0 Å². The first-order valence-corrected chi connectivity index (χ1v) is 6.08. The molecule has 0 aliphatic rings. The van der Waals surface area contributed by atoms with Crippen LogP contribution in [0.2, 0.25) is 0 Å². The van der Waals surface area contributed by atoms with Crippen LogP contribution in [0.15, 0.2) is 73.1 Å². The Morgan fingerprint density at radius 2 is 1.05 bits per heavy atom. The highest BCUT2D eigenvalue weighted by Crippen LogP contribution is 2.01.